The van der Waals surface area contributed by atoms with E-state index in [0.29, 0.717) is 13.0 Å². The maximum absolute atomic E-state index is 14.2. The summed E-state index contributed by atoms with van der Waals surface area (Å²) in [6, 6.07) is -1.60. The van der Waals surface area contributed by atoms with Crippen LogP contribution in [-0.4, -0.2) is 81.8 Å². The lowest BCUT2D eigenvalue weighted by Gasteiger charge is -2.42. The smallest absolute Gasteiger partial charge is 0.313 e. The van der Waals surface area contributed by atoms with E-state index in [1.165, 1.54) is 4.90 Å². The normalized spacial score (nSPS) is 37.4. The molecular formula is C25H36N2O6. The summed E-state index contributed by atoms with van der Waals surface area (Å²) in [6.07, 6.45) is 8.50. The molecule has 8 heteroatoms. The molecular weight excluding hydrogens is 424 g/mol. The monoisotopic (exact) mass is 460 g/mol. The molecule has 7 atom stereocenters. The Labute approximate surface area is 195 Å². The molecule has 0 aromatic rings. The zero-order valence-corrected chi connectivity index (χ0v) is 20.2. The largest absolute Gasteiger partial charge is 0.461 e. The van der Waals surface area contributed by atoms with Gasteiger partial charge < -0.3 is 24.4 Å². The highest BCUT2D eigenvalue weighted by Crippen LogP contribution is 2.59. The average molecular weight is 461 g/mol. The van der Waals surface area contributed by atoms with Crippen LogP contribution < -0.4 is 0 Å². The molecule has 2 fully saturated rings. The highest BCUT2D eigenvalue weighted by molar-refractivity contribution is 5.99. The van der Waals surface area contributed by atoms with Gasteiger partial charge in [0.15, 0.2) is 0 Å². The fraction of sp³-hybridized carbons (Fsp3) is 0.720. The SMILES string of the molecule is CC[C@H](C)[C@H](CO)N1C(=O)[C@@H]2[C@H]3C(=O)OCC=C[C@@]3(CC)O[C@@]23C=CCN(C(C)C)C(=O)C13. The number of hydrogen-bond donors (Lipinski definition) is 1. The Hall–Kier alpha value is -2.19. The standard InChI is InChI=1S/C25H36N2O6/c1-6-16(5)17(14-28)27-20-22(30)26(15(3)4)12-8-11-25(20)18(21(27)29)19-23(31)32-13-9-10-24(19,7-2)33-25/h8-11,15-20,28H,6-7,12-14H2,1-5H3/t16-,17-,18-,19-,20?,24+,25-/m0/s1. The van der Waals surface area contributed by atoms with E-state index in [2.05, 4.69) is 0 Å². The molecule has 4 heterocycles. The average Bonchev–Trinajstić information content (AvgIpc) is 3.06. The van der Waals surface area contributed by atoms with E-state index in [1.807, 2.05) is 52.8 Å². The Morgan fingerprint density at radius 2 is 1.82 bits per heavy atom. The maximum Gasteiger partial charge on any atom is 0.313 e. The summed E-state index contributed by atoms with van der Waals surface area (Å²) in [5.74, 6) is -2.82. The topological polar surface area (TPSA) is 96.4 Å². The Morgan fingerprint density at radius 3 is 2.42 bits per heavy atom. The van der Waals surface area contributed by atoms with Crippen molar-refractivity contribution in [3.05, 3.63) is 24.3 Å². The van der Waals surface area contributed by atoms with Gasteiger partial charge in [-0.15, -0.1) is 0 Å². The van der Waals surface area contributed by atoms with Gasteiger partial charge >= 0.3 is 5.97 Å². The third kappa shape index (κ3) is 3.28. The highest BCUT2D eigenvalue weighted by atomic mass is 16.6. The van der Waals surface area contributed by atoms with Crippen LogP contribution in [0.25, 0.3) is 0 Å². The molecule has 182 valence electrons. The first-order chi connectivity index (χ1) is 15.7. The van der Waals surface area contributed by atoms with Crippen molar-refractivity contribution in [2.24, 2.45) is 17.8 Å². The molecule has 4 rings (SSSR count). The fourth-order valence-electron chi connectivity index (χ4n) is 6.19. The number of likely N-dealkylation sites (tertiary alicyclic amines) is 1. The lowest BCUT2D eigenvalue weighted by molar-refractivity contribution is -0.162. The molecule has 2 amide bonds. The maximum atomic E-state index is 14.2. The minimum absolute atomic E-state index is 0.0423. The van der Waals surface area contributed by atoms with E-state index < -0.39 is 41.1 Å². The summed E-state index contributed by atoms with van der Waals surface area (Å²) in [5, 5.41) is 10.3. The fourth-order valence-corrected chi connectivity index (χ4v) is 6.19. The van der Waals surface area contributed by atoms with Crippen molar-refractivity contribution in [2.45, 2.75) is 76.8 Å². The summed E-state index contributed by atoms with van der Waals surface area (Å²) in [7, 11) is 0. The minimum Gasteiger partial charge on any atom is -0.461 e. The van der Waals surface area contributed by atoms with Crippen molar-refractivity contribution in [1.29, 1.82) is 0 Å². The third-order valence-electron chi connectivity index (χ3n) is 8.13. The lowest BCUT2D eigenvalue weighted by atomic mass is 9.73. The van der Waals surface area contributed by atoms with E-state index in [1.54, 1.807) is 11.0 Å². The zero-order chi connectivity index (χ0) is 24.1. The number of esters is 1. The van der Waals surface area contributed by atoms with Gasteiger partial charge in [0, 0.05) is 12.6 Å². The zero-order valence-electron chi connectivity index (χ0n) is 20.2. The molecule has 4 aliphatic heterocycles. The third-order valence-corrected chi connectivity index (χ3v) is 8.13. The molecule has 1 N–H and O–H groups in total. The van der Waals surface area contributed by atoms with Gasteiger partial charge in [-0.1, -0.05) is 45.4 Å². The molecule has 8 nitrogen and oxygen atoms in total. The van der Waals surface area contributed by atoms with Crippen LogP contribution >= 0.6 is 0 Å². The quantitative estimate of drug-likeness (QED) is 0.479. The van der Waals surface area contributed by atoms with E-state index in [9.17, 15) is 19.5 Å². The number of ether oxygens (including phenoxy) is 2. The van der Waals surface area contributed by atoms with Crippen molar-refractivity contribution >= 4 is 17.8 Å². The lowest BCUT2D eigenvalue weighted by Crippen LogP contribution is -2.60. The first-order valence-electron chi connectivity index (χ1n) is 12.1. The summed E-state index contributed by atoms with van der Waals surface area (Å²) in [6.45, 7) is 10.0. The number of aliphatic hydroxyl groups is 1. The molecule has 0 saturated carbocycles. The molecule has 0 aromatic heterocycles. The van der Waals surface area contributed by atoms with Gasteiger partial charge in [0.2, 0.25) is 11.8 Å². The molecule has 33 heavy (non-hydrogen) atoms. The molecule has 0 radical (unpaired) electrons. The number of rotatable bonds is 6. The van der Waals surface area contributed by atoms with Crippen molar-refractivity contribution in [3.8, 4) is 0 Å². The van der Waals surface area contributed by atoms with Gasteiger partial charge in [0.05, 0.1) is 18.6 Å². The number of hydrogen-bond acceptors (Lipinski definition) is 6. The second-order valence-electron chi connectivity index (χ2n) is 10.0. The Morgan fingerprint density at radius 1 is 1.09 bits per heavy atom. The summed E-state index contributed by atoms with van der Waals surface area (Å²) in [5.41, 5.74) is -2.33. The number of cyclic esters (lactones) is 1. The number of carbonyl (C=O) groups excluding carboxylic acids is 3. The van der Waals surface area contributed by atoms with Gasteiger partial charge in [-0.3, -0.25) is 14.4 Å². The van der Waals surface area contributed by atoms with Crippen LogP contribution in [0.3, 0.4) is 0 Å². The van der Waals surface area contributed by atoms with E-state index >= 15 is 0 Å². The van der Waals surface area contributed by atoms with Crippen LogP contribution in [0.1, 0.15) is 47.5 Å². The van der Waals surface area contributed by atoms with Crippen molar-refractivity contribution < 1.29 is 29.0 Å². The Bertz CT molecular complexity index is 884. The predicted molar refractivity (Wildman–Crippen MR) is 121 cm³/mol. The van der Waals surface area contributed by atoms with Crippen molar-refractivity contribution in [2.75, 3.05) is 19.8 Å². The van der Waals surface area contributed by atoms with Crippen LogP contribution in [-0.2, 0) is 23.9 Å². The van der Waals surface area contributed by atoms with Gasteiger partial charge in [0.25, 0.3) is 0 Å². The van der Waals surface area contributed by atoms with E-state index in [0.717, 1.165) is 6.42 Å². The molecule has 1 spiro atoms. The van der Waals surface area contributed by atoms with Crippen LogP contribution in [0.5, 0.6) is 0 Å². The number of nitrogens with zero attached hydrogens (tertiary/aromatic N) is 2. The molecule has 0 aromatic carbocycles. The molecule has 1 unspecified atom stereocenters. The number of amides is 2. The van der Waals surface area contributed by atoms with E-state index in [4.69, 9.17) is 9.47 Å². The van der Waals surface area contributed by atoms with Crippen LogP contribution in [0, 0.1) is 17.8 Å². The van der Waals surface area contributed by atoms with Gasteiger partial charge in [-0.25, -0.2) is 0 Å². The van der Waals surface area contributed by atoms with Gasteiger partial charge in [0.1, 0.15) is 29.8 Å². The minimum atomic E-state index is -1.31. The molecule has 0 bridgehead atoms. The van der Waals surface area contributed by atoms with Gasteiger partial charge in [-0.2, -0.15) is 0 Å². The van der Waals surface area contributed by atoms with Gasteiger partial charge in [-0.05, 0) is 32.3 Å². The second kappa shape index (κ2) is 8.55. The number of aliphatic hydroxyl groups excluding tert-OH is 1. The first-order valence-corrected chi connectivity index (χ1v) is 12.1. The van der Waals surface area contributed by atoms with E-state index in [-0.39, 0.29) is 37.0 Å². The Balaban J connectivity index is 1.94. The number of fused-ring (bicyclic) bond motifs is 2. The van der Waals surface area contributed by atoms with Crippen LogP contribution in [0.4, 0.5) is 0 Å². The van der Waals surface area contributed by atoms with Crippen molar-refractivity contribution in [3.63, 3.8) is 0 Å². The molecule has 2 saturated heterocycles. The predicted octanol–water partition coefficient (Wildman–Crippen LogP) is 1.67. The highest BCUT2D eigenvalue weighted by Gasteiger charge is 2.76. The summed E-state index contributed by atoms with van der Waals surface area (Å²) >= 11 is 0. The summed E-state index contributed by atoms with van der Waals surface area (Å²) in [4.78, 5) is 44.7. The second-order valence-corrected chi connectivity index (χ2v) is 10.0. The summed E-state index contributed by atoms with van der Waals surface area (Å²) < 4.78 is 12.2. The first kappa shape index (κ1) is 24.0. The molecule has 0 aliphatic carbocycles. The van der Waals surface area contributed by atoms with Crippen molar-refractivity contribution in [1.82, 2.24) is 9.80 Å². The molecule has 4 aliphatic rings. The Kier molecular flexibility index (Phi) is 6.20. The van der Waals surface area contributed by atoms with Crippen LogP contribution in [0.2, 0.25) is 0 Å². The number of carbonyl (C=O) groups is 3. The van der Waals surface area contributed by atoms with Crippen LogP contribution in [0.15, 0.2) is 24.3 Å².